The van der Waals surface area contributed by atoms with Gasteiger partial charge in [0.1, 0.15) is 13.2 Å². The van der Waals surface area contributed by atoms with E-state index in [4.69, 9.17) is 9.47 Å². The first-order valence-corrected chi connectivity index (χ1v) is 7.99. The van der Waals surface area contributed by atoms with Gasteiger partial charge in [-0.15, -0.1) is 0 Å². The van der Waals surface area contributed by atoms with Crippen molar-refractivity contribution >= 4 is 27.5 Å². The van der Waals surface area contributed by atoms with Crippen LogP contribution < -0.4 is 14.8 Å². The Morgan fingerprint density at radius 1 is 1.05 bits per heavy atom. The Bertz CT molecular complexity index is 742. The number of amides is 1. The molecule has 5 heteroatoms. The van der Waals surface area contributed by atoms with Gasteiger partial charge in [0.25, 0.3) is 0 Å². The first kappa shape index (κ1) is 13.6. The Morgan fingerprint density at radius 3 is 2.45 bits per heavy atom. The molecule has 2 heterocycles. The molecule has 0 aromatic heterocycles. The lowest BCUT2D eigenvalue weighted by Gasteiger charge is -2.29. The van der Waals surface area contributed by atoms with Gasteiger partial charge in [-0.25, -0.2) is 0 Å². The van der Waals surface area contributed by atoms with Gasteiger partial charge in [0.15, 0.2) is 11.5 Å². The summed E-state index contributed by atoms with van der Waals surface area (Å²) in [6.07, 6.45) is 0.439. The predicted molar refractivity (Wildman–Crippen MR) is 86.7 cm³/mol. The number of carbonyl (C=O) groups is 1. The number of fused-ring (bicyclic) bond motifs is 2. The van der Waals surface area contributed by atoms with Gasteiger partial charge in [-0.2, -0.15) is 0 Å². The van der Waals surface area contributed by atoms with E-state index in [9.17, 15) is 4.79 Å². The summed E-state index contributed by atoms with van der Waals surface area (Å²) in [5.41, 5.74) is 3.01. The lowest BCUT2D eigenvalue weighted by molar-refractivity contribution is -0.116. The van der Waals surface area contributed by atoms with Crippen LogP contribution >= 0.6 is 15.9 Å². The van der Waals surface area contributed by atoms with Crippen LogP contribution in [0.1, 0.15) is 23.5 Å². The largest absolute Gasteiger partial charge is 0.486 e. The first-order chi connectivity index (χ1) is 10.7. The third kappa shape index (κ3) is 2.35. The second kappa shape index (κ2) is 5.32. The van der Waals surface area contributed by atoms with Gasteiger partial charge >= 0.3 is 0 Å². The molecule has 4 rings (SSSR count). The molecular weight excluding hydrogens is 346 g/mol. The van der Waals surface area contributed by atoms with Crippen LogP contribution in [-0.4, -0.2) is 19.1 Å². The molecule has 1 N–H and O–H groups in total. The van der Waals surface area contributed by atoms with Crippen molar-refractivity contribution in [1.29, 1.82) is 0 Å². The fourth-order valence-corrected chi connectivity index (χ4v) is 3.25. The average molecular weight is 360 g/mol. The SMILES string of the molecule is O=C1C[C@@H](c2ccc(Br)cc2)c2cc3c(cc2N1)OCCO3. The van der Waals surface area contributed by atoms with Gasteiger partial charge in [0.05, 0.1) is 0 Å². The van der Waals surface area contributed by atoms with Crippen LogP contribution in [0.4, 0.5) is 5.69 Å². The van der Waals surface area contributed by atoms with Crippen LogP contribution in [0.15, 0.2) is 40.9 Å². The van der Waals surface area contributed by atoms with Gasteiger partial charge in [-0.1, -0.05) is 28.1 Å². The summed E-state index contributed by atoms with van der Waals surface area (Å²) >= 11 is 3.45. The highest BCUT2D eigenvalue weighted by Crippen LogP contribution is 2.44. The summed E-state index contributed by atoms with van der Waals surface area (Å²) in [4.78, 5) is 12.1. The molecule has 1 atom stereocenters. The van der Waals surface area contributed by atoms with Crippen molar-refractivity contribution in [2.24, 2.45) is 0 Å². The van der Waals surface area contributed by atoms with Gasteiger partial charge in [-0.05, 0) is 29.3 Å². The third-order valence-electron chi connectivity index (χ3n) is 4.03. The average Bonchev–Trinajstić information content (AvgIpc) is 2.53. The van der Waals surface area contributed by atoms with Gasteiger partial charge in [0.2, 0.25) is 5.91 Å². The van der Waals surface area contributed by atoms with E-state index >= 15 is 0 Å². The fraction of sp³-hybridized carbons (Fsp3) is 0.235. The molecule has 2 aromatic rings. The smallest absolute Gasteiger partial charge is 0.225 e. The maximum atomic E-state index is 12.1. The predicted octanol–water partition coefficient (Wildman–Crippen LogP) is 3.69. The highest BCUT2D eigenvalue weighted by molar-refractivity contribution is 9.10. The molecule has 0 radical (unpaired) electrons. The van der Waals surface area contributed by atoms with E-state index < -0.39 is 0 Å². The summed E-state index contributed by atoms with van der Waals surface area (Å²) in [7, 11) is 0. The Kier molecular flexibility index (Phi) is 3.30. The molecule has 0 saturated carbocycles. The molecule has 0 fully saturated rings. The number of halogens is 1. The number of nitrogens with one attached hydrogen (secondary N) is 1. The van der Waals surface area contributed by atoms with Gasteiger partial charge in [-0.3, -0.25) is 4.79 Å². The number of hydrogen-bond donors (Lipinski definition) is 1. The van der Waals surface area contributed by atoms with Crippen molar-refractivity contribution in [2.75, 3.05) is 18.5 Å². The van der Waals surface area contributed by atoms with Crippen LogP contribution in [0.3, 0.4) is 0 Å². The maximum absolute atomic E-state index is 12.1. The molecule has 2 aromatic carbocycles. The van der Waals surface area contributed by atoms with Crippen molar-refractivity contribution in [3.05, 3.63) is 52.0 Å². The monoisotopic (exact) mass is 359 g/mol. The standard InChI is InChI=1S/C17H14BrNO3/c18-11-3-1-10(2-4-11)12-8-17(20)19-14-9-16-15(7-13(12)14)21-5-6-22-16/h1-4,7,9,12H,5-6,8H2,(H,19,20)/t12-/m0/s1. The molecule has 2 aliphatic rings. The van der Waals surface area contributed by atoms with Crippen molar-refractivity contribution in [2.45, 2.75) is 12.3 Å². The van der Waals surface area contributed by atoms with E-state index in [-0.39, 0.29) is 11.8 Å². The molecule has 112 valence electrons. The van der Waals surface area contributed by atoms with Crippen LogP contribution in [0.2, 0.25) is 0 Å². The number of anilines is 1. The first-order valence-electron chi connectivity index (χ1n) is 7.19. The van der Waals surface area contributed by atoms with Crippen molar-refractivity contribution in [3.63, 3.8) is 0 Å². The zero-order valence-electron chi connectivity index (χ0n) is 11.8. The van der Waals surface area contributed by atoms with Gasteiger partial charge in [0, 0.05) is 28.6 Å². The topological polar surface area (TPSA) is 47.6 Å². The summed E-state index contributed by atoms with van der Waals surface area (Å²) < 4.78 is 12.3. The highest BCUT2D eigenvalue weighted by Gasteiger charge is 2.29. The maximum Gasteiger partial charge on any atom is 0.225 e. The van der Waals surface area contributed by atoms with E-state index in [1.165, 1.54) is 0 Å². The molecule has 0 saturated heterocycles. The Balaban J connectivity index is 1.82. The van der Waals surface area contributed by atoms with Crippen LogP contribution in [-0.2, 0) is 4.79 Å². The molecule has 2 aliphatic heterocycles. The zero-order chi connectivity index (χ0) is 15.1. The Hall–Kier alpha value is -2.01. The van der Waals surface area contributed by atoms with Crippen molar-refractivity contribution in [1.82, 2.24) is 0 Å². The normalized spacial score (nSPS) is 19.3. The summed E-state index contributed by atoms with van der Waals surface area (Å²) in [6, 6.07) is 12.0. The number of rotatable bonds is 1. The number of hydrogen-bond acceptors (Lipinski definition) is 3. The van der Waals surface area contributed by atoms with Crippen LogP contribution in [0.5, 0.6) is 11.5 Å². The fourth-order valence-electron chi connectivity index (χ4n) is 2.99. The van der Waals surface area contributed by atoms with E-state index in [0.29, 0.717) is 25.4 Å². The lowest BCUT2D eigenvalue weighted by Crippen LogP contribution is -2.24. The Morgan fingerprint density at radius 2 is 1.73 bits per heavy atom. The molecule has 0 aliphatic carbocycles. The van der Waals surface area contributed by atoms with Crippen molar-refractivity contribution < 1.29 is 14.3 Å². The quantitative estimate of drug-likeness (QED) is 0.844. The van der Waals surface area contributed by atoms with Crippen molar-refractivity contribution in [3.8, 4) is 11.5 Å². The minimum Gasteiger partial charge on any atom is -0.486 e. The molecule has 0 bridgehead atoms. The minimum absolute atomic E-state index is 0.0251. The summed E-state index contributed by atoms with van der Waals surface area (Å²) in [5.74, 6) is 1.51. The minimum atomic E-state index is 0.0251. The van der Waals surface area contributed by atoms with E-state index in [2.05, 4.69) is 21.2 Å². The molecule has 22 heavy (non-hydrogen) atoms. The number of benzene rings is 2. The Labute approximate surface area is 136 Å². The number of ether oxygens (including phenoxy) is 2. The van der Waals surface area contributed by atoms with E-state index in [0.717, 1.165) is 27.0 Å². The van der Waals surface area contributed by atoms with E-state index in [1.807, 2.05) is 36.4 Å². The second-order valence-electron chi connectivity index (χ2n) is 5.44. The highest BCUT2D eigenvalue weighted by atomic mass is 79.9. The second-order valence-corrected chi connectivity index (χ2v) is 6.36. The lowest BCUT2D eigenvalue weighted by atomic mass is 9.84. The summed E-state index contributed by atoms with van der Waals surface area (Å²) in [5, 5.41) is 2.94. The van der Waals surface area contributed by atoms with E-state index in [1.54, 1.807) is 0 Å². The molecule has 0 unspecified atom stereocenters. The number of carbonyl (C=O) groups excluding carboxylic acids is 1. The summed E-state index contributed by atoms with van der Waals surface area (Å²) in [6.45, 7) is 1.09. The third-order valence-corrected chi connectivity index (χ3v) is 4.55. The molecule has 1 amide bonds. The zero-order valence-corrected chi connectivity index (χ0v) is 13.4. The molecular formula is C17H14BrNO3. The van der Waals surface area contributed by atoms with Crippen LogP contribution in [0, 0.1) is 0 Å². The van der Waals surface area contributed by atoms with Gasteiger partial charge < -0.3 is 14.8 Å². The molecule has 4 nitrogen and oxygen atoms in total. The van der Waals surface area contributed by atoms with Crippen LogP contribution in [0.25, 0.3) is 0 Å². The molecule has 0 spiro atoms.